The Labute approximate surface area is 109 Å². The van der Waals surface area contributed by atoms with Crippen LogP contribution >= 0.6 is 11.3 Å². The highest BCUT2D eigenvalue weighted by Gasteiger charge is 2.31. The molecule has 0 spiro atoms. The molecule has 2 N–H and O–H groups in total. The third-order valence-corrected chi connectivity index (χ3v) is 4.35. The zero-order valence-electron chi connectivity index (χ0n) is 10.0. The molecule has 2 unspecified atom stereocenters. The molecule has 2 atom stereocenters. The van der Waals surface area contributed by atoms with Gasteiger partial charge in [-0.05, 0) is 25.0 Å². The number of nitrogens with zero attached hydrogens (tertiary/aromatic N) is 1. The molecule has 1 aliphatic heterocycles. The summed E-state index contributed by atoms with van der Waals surface area (Å²) in [5.74, 6) is -1.00. The Morgan fingerprint density at radius 2 is 2.39 bits per heavy atom. The van der Waals surface area contributed by atoms with Crippen molar-refractivity contribution >= 4 is 27.5 Å². The minimum Gasteiger partial charge on any atom is -0.481 e. The van der Waals surface area contributed by atoms with E-state index in [9.17, 15) is 4.79 Å². The maximum atomic E-state index is 11.0. The van der Waals surface area contributed by atoms with E-state index >= 15 is 0 Å². The van der Waals surface area contributed by atoms with Crippen LogP contribution in [0.4, 0.5) is 0 Å². The van der Waals surface area contributed by atoms with Crippen molar-refractivity contribution in [1.29, 1.82) is 0 Å². The molecule has 1 fully saturated rings. The molecule has 1 saturated heterocycles. The van der Waals surface area contributed by atoms with E-state index < -0.39 is 5.97 Å². The van der Waals surface area contributed by atoms with E-state index in [0.29, 0.717) is 13.0 Å². The molecule has 0 aliphatic carbocycles. The van der Waals surface area contributed by atoms with Crippen molar-refractivity contribution in [3.63, 3.8) is 0 Å². The van der Waals surface area contributed by atoms with Gasteiger partial charge in [0, 0.05) is 12.6 Å². The molecule has 94 valence electrons. The van der Waals surface area contributed by atoms with Gasteiger partial charge in [0.1, 0.15) is 0 Å². The molecule has 1 aromatic heterocycles. The van der Waals surface area contributed by atoms with Crippen LogP contribution in [0.25, 0.3) is 10.2 Å². The first-order valence-corrected chi connectivity index (χ1v) is 6.79. The highest BCUT2D eigenvalue weighted by atomic mass is 32.1. The first kappa shape index (κ1) is 11.6. The van der Waals surface area contributed by atoms with E-state index in [1.165, 1.54) is 4.70 Å². The zero-order valence-corrected chi connectivity index (χ0v) is 10.8. The second-order valence-electron chi connectivity index (χ2n) is 4.66. The third kappa shape index (κ3) is 1.89. The summed E-state index contributed by atoms with van der Waals surface area (Å²) in [6, 6.07) is 6.23. The van der Waals surface area contributed by atoms with E-state index in [2.05, 4.69) is 16.4 Å². The van der Waals surface area contributed by atoms with Gasteiger partial charge in [0.05, 0.1) is 21.1 Å². The van der Waals surface area contributed by atoms with Crippen molar-refractivity contribution in [2.24, 2.45) is 5.92 Å². The molecule has 4 nitrogen and oxygen atoms in total. The van der Waals surface area contributed by atoms with Gasteiger partial charge in [0.25, 0.3) is 0 Å². The normalized spacial score (nSPS) is 23.6. The van der Waals surface area contributed by atoms with Crippen LogP contribution in [0, 0.1) is 12.8 Å². The molecule has 5 heteroatoms. The second kappa shape index (κ2) is 4.33. The lowest BCUT2D eigenvalue weighted by atomic mass is 9.99. The molecule has 18 heavy (non-hydrogen) atoms. The van der Waals surface area contributed by atoms with E-state index in [1.807, 2.05) is 19.1 Å². The van der Waals surface area contributed by atoms with Gasteiger partial charge in [-0.1, -0.05) is 12.1 Å². The molecule has 0 radical (unpaired) electrons. The summed E-state index contributed by atoms with van der Waals surface area (Å²) < 4.78 is 1.17. The lowest BCUT2D eigenvalue weighted by Crippen LogP contribution is -2.17. The largest absolute Gasteiger partial charge is 0.481 e. The Bertz CT molecular complexity index is 608. The van der Waals surface area contributed by atoms with Gasteiger partial charge in [-0.25, -0.2) is 4.98 Å². The fourth-order valence-electron chi connectivity index (χ4n) is 2.52. The summed E-state index contributed by atoms with van der Waals surface area (Å²) in [5.41, 5.74) is 2.14. The maximum Gasteiger partial charge on any atom is 0.307 e. The molecule has 3 rings (SSSR count). The summed E-state index contributed by atoms with van der Waals surface area (Å²) in [7, 11) is 0. The lowest BCUT2D eigenvalue weighted by molar-refractivity contribution is -0.141. The van der Waals surface area contributed by atoms with Crippen LogP contribution in [0.1, 0.15) is 23.0 Å². The van der Waals surface area contributed by atoms with Crippen LogP contribution in [0.5, 0.6) is 0 Å². The van der Waals surface area contributed by atoms with Gasteiger partial charge in [0.2, 0.25) is 0 Å². The number of rotatable bonds is 2. The first-order valence-electron chi connectivity index (χ1n) is 5.97. The fourth-order valence-corrected chi connectivity index (χ4v) is 3.38. The third-order valence-electron chi connectivity index (χ3n) is 3.41. The molecule has 2 heterocycles. The Balaban J connectivity index is 1.98. The van der Waals surface area contributed by atoms with Crippen molar-refractivity contribution in [2.45, 2.75) is 19.4 Å². The standard InChI is InChI=1S/C13H14N2O2S/c1-7-15-12-9(3-2-4-11(12)18-7)10-5-8(6-14-10)13(16)17/h2-4,8,10,14H,5-6H2,1H3,(H,16,17). The Morgan fingerprint density at radius 3 is 3.11 bits per heavy atom. The number of nitrogens with one attached hydrogen (secondary N) is 1. The number of aromatic nitrogens is 1. The topological polar surface area (TPSA) is 62.2 Å². The monoisotopic (exact) mass is 262 g/mol. The lowest BCUT2D eigenvalue weighted by Gasteiger charge is -2.10. The van der Waals surface area contributed by atoms with Gasteiger partial charge in [0.15, 0.2) is 0 Å². The smallest absolute Gasteiger partial charge is 0.307 e. The summed E-state index contributed by atoms with van der Waals surface area (Å²) in [6.45, 7) is 2.54. The van der Waals surface area contributed by atoms with E-state index in [4.69, 9.17) is 5.11 Å². The van der Waals surface area contributed by atoms with Crippen molar-refractivity contribution in [3.8, 4) is 0 Å². The molecule has 1 aliphatic rings. The number of hydrogen-bond donors (Lipinski definition) is 2. The predicted molar refractivity (Wildman–Crippen MR) is 70.8 cm³/mol. The van der Waals surface area contributed by atoms with Crippen molar-refractivity contribution in [3.05, 3.63) is 28.8 Å². The summed E-state index contributed by atoms with van der Waals surface area (Å²) in [6.07, 6.45) is 0.644. The molecule has 0 saturated carbocycles. The number of aryl methyl sites for hydroxylation is 1. The Morgan fingerprint density at radius 1 is 1.56 bits per heavy atom. The van der Waals surface area contributed by atoms with Gasteiger partial charge in [-0.3, -0.25) is 4.79 Å². The van der Waals surface area contributed by atoms with Crippen molar-refractivity contribution < 1.29 is 9.90 Å². The van der Waals surface area contributed by atoms with Crippen LogP contribution in [0.3, 0.4) is 0 Å². The number of carboxylic acids is 1. The maximum absolute atomic E-state index is 11.0. The van der Waals surface area contributed by atoms with Gasteiger partial charge in [-0.2, -0.15) is 0 Å². The highest BCUT2D eigenvalue weighted by Crippen LogP contribution is 2.33. The minimum absolute atomic E-state index is 0.108. The molecular formula is C13H14N2O2S. The number of carbonyl (C=O) groups is 1. The van der Waals surface area contributed by atoms with E-state index in [-0.39, 0.29) is 12.0 Å². The predicted octanol–water partition coefficient (Wildman–Crippen LogP) is 2.34. The summed E-state index contributed by atoms with van der Waals surface area (Å²) in [4.78, 5) is 15.6. The van der Waals surface area contributed by atoms with Crippen LogP contribution < -0.4 is 5.32 Å². The second-order valence-corrected chi connectivity index (χ2v) is 5.89. The van der Waals surface area contributed by atoms with E-state index in [1.54, 1.807) is 11.3 Å². The number of fused-ring (bicyclic) bond motifs is 1. The van der Waals surface area contributed by atoms with Crippen molar-refractivity contribution in [1.82, 2.24) is 10.3 Å². The molecular weight excluding hydrogens is 248 g/mol. The van der Waals surface area contributed by atoms with Crippen molar-refractivity contribution in [2.75, 3.05) is 6.54 Å². The SMILES string of the molecule is Cc1nc2c(C3CC(C(=O)O)CN3)cccc2s1. The minimum atomic E-state index is -0.716. The van der Waals surface area contributed by atoms with Crippen LogP contribution in [0.2, 0.25) is 0 Å². The number of para-hydroxylation sites is 1. The number of carboxylic acid groups (broad SMARTS) is 1. The fraction of sp³-hybridized carbons (Fsp3) is 0.385. The van der Waals surface area contributed by atoms with Gasteiger partial charge in [-0.15, -0.1) is 11.3 Å². The molecule has 0 bridgehead atoms. The number of benzene rings is 1. The Hall–Kier alpha value is -1.46. The average molecular weight is 262 g/mol. The number of thiazole rings is 1. The van der Waals surface area contributed by atoms with Crippen LogP contribution in [-0.4, -0.2) is 22.6 Å². The first-order chi connectivity index (χ1) is 8.65. The van der Waals surface area contributed by atoms with E-state index in [0.717, 1.165) is 16.1 Å². The highest BCUT2D eigenvalue weighted by molar-refractivity contribution is 7.18. The summed E-state index contributed by atoms with van der Waals surface area (Å²) >= 11 is 1.68. The number of hydrogen-bond acceptors (Lipinski definition) is 4. The average Bonchev–Trinajstić information content (AvgIpc) is 2.92. The van der Waals surface area contributed by atoms with Crippen LogP contribution in [0.15, 0.2) is 18.2 Å². The van der Waals surface area contributed by atoms with Gasteiger partial charge >= 0.3 is 5.97 Å². The summed E-state index contributed by atoms with van der Waals surface area (Å²) in [5, 5.41) is 13.4. The van der Waals surface area contributed by atoms with Crippen LogP contribution in [-0.2, 0) is 4.79 Å². The molecule has 1 aromatic carbocycles. The zero-order chi connectivity index (χ0) is 12.7. The molecule has 2 aromatic rings. The molecule has 0 amide bonds. The Kier molecular flexibility index (Phi) is 2.80. The van der Waals surface area contributed by atoms with Gasteiger partial charge < -0.3 is 10.4 Å². The number of aliphatic carboxylic acids is 1. The quantitative estimate of drug-likeness (QED) is 0.872.